The van der Waals surface area contributed by atoms with Gasteiger partial charge in [-0.15, -0.1) is 0 Å². The standard InChI is InChI=1S/C21H27N3O5/c1-4-13-12-24(20(28)23-18(13)26)17-10-15(25)16(29-17)11-22-19(27)21(2,3)14-8-6-5-7-9-14/h5-9,12,15-17,25H,4,10-11H2,1-3H3,(H,22,27)(H,23,26,28)/t15-,16+,17+/m0/s1. The average Bonchev–Trinajstić information content (AvgIpc) is 3.07. The third kappa shape index (κ3) is 4.33. The van der Waals surface area contributed by atoms with E-state index in [9.17, 15) is 19.5 Å². The molecule has 1 fully saturated rings. The fourth-order valence-corrected chi connectivity index (χ4v) is 3.46. The molecule has 3 rings (SSSR count). The molecule has 0 unspecified atom stereocenters. The first-order chi connectivity index (χ1) is 13.7. The molecule has 1 aromatic heterocycles. The SMILES string of the molecule is CCc1cn([C@H]2C[C@H](O)[C@@H](CNC(=O)C(C)(C)c3ccccc3)O2)c(=O)[nH]c1=O. The maximum absolute atomic E-state index is 12.7. The molecule has 1 saturated heterocycles. The van der Waals surface area contributed by atoms with Crippen molar-refractivity contribution in [3.63, 3.8) is 0 Å². The lowest BCUT2D eigenvalue weighted by Gasteiger charge is -2.25. The molecule has 1 aromatic carbocycles. The van der Waals surface area contributed by atoms with Crippen LogP contribution in [0.2, 0.25) is 0 Å². The summed E-state index contributed by atoms with van der Waals surface area (Å²) < 4.78 is 7.12. The molecule has 0 aliphatic carbocycles. The largest absolute Gasteiger partial charge is 0.390 e. The molecule has 2 aromatic rings. The summed E-state index contributed by atoms with van der Waals surface area (Å²) in [4.78, 5) is 38.9. The summed E-state index contributed by atoms with van der Waals surface area (Å²) in [6, 6.07) is 9.44. The fourth-order valence-electron chi connectivity index (χ4n) is 3.46. The molecule has 8 nitrogen and oxygen atoms in total. The number of ether oxygens (including phenoxy) is 1. The van der Waals surface area contributed by atoms with Crippen molar-refractivity contribution in [1.29, 1.82) is 0 Å². The highest BCUT2D eigenvalue weighted by Crippen LogP contribution is 2.28. The van der Waals surface area contributed by atoms with Crippen LogP contribution in [0.4, 0.5) is 0 Å². The van der Waals surface area contributed by atoms with Crippen molar-refractivity contribution in [3.05, 3.63) is 68.5 Å². The van der Waals surface area contributed by atoms with Crippen molar-refractivity contribution in [2.45, 2.75) is 57.5 Å². The lowest BCUT2D eigenvalue weighted by molar-refractivity contribution is -0.126. The van der Waals surface area contributed by atoms with Crippen molar-refractivity contribution >= 4 is 5.91 Å². The van der Waals surface area contributed by atoms with Crippen LogP contribution in [0.1, 0.15) is 44.5 Å². The Balaban J connectivity index is 1.67. The maximum Gasteiger partial charge on any atom is 0.330 e. The highest BCUT2D eigenvalue weighted by molar-refractivity contribution is 5.87. The van der Waals surface area contributed by atoms with Crippen molar-refractivity contribution < 1.29 is 14.6 Å². The number of aryl methyl sites for hydroxylation is 1. The van der Waals surface area contributed by atoms with Crippen LogP contribution in [0.3, 0.4) is 0 Å². The van der Waals surface area contributed by atoms with E-state index in [1.807, 2.05) is 51.1 Å². The number of nitrogens with zero attached hydrogens (tertiary/aromatic N) is 1. The number of aromatic nitrogens is 2. The molecule has 2 heterocycles. The minimum atomic E-state index is -0.843. The number of H-pyrrole nitrogens is 1. The fraction of sp³-hybridized carbons (Fsp3) is 0.476. The minimum absolute atomic E-state index is 0.117. The van der Waals surface area contributed by atoms with Gasteiger partial charge < -0.3 is 15.2 Å². The second kappa shape index (κ2) is 8.34. The molecular formula is C21H27N3O5. The first kappa shape index (κ1) is 21.0. The van der Waals surface area contributed by atoms with Gasteiger partial charge in [-0.2, -0.15) is 0 Å². The molecule has 0 radical (unpaired) electrons. The normalized spacial score (nSPS) is 21.9. The van der Waals surface area contributed by atoms with Crippen LogP contribution in [-0.2, 0) is 21.4 Å². The van der Waals surface area contributed by atoms with Gasteiger partial charge in [-0.3, -0.25) is 19.1 Å². The van der Waals surface area contributed by atoms with E-state index in [4.69, 9.17) is 4.74 Å². The zero-order valence-corrected chi connectivity index (χ0v) is 16.8. The van der Waals surface area contributed by atoms with Crippen LogP contribution in [-0.4, -0.2) is 39.3 Å². The summed E-state index contributed by atoms with van der Waals surface area (Å²) in [5.74, 6) is -0.183. The molecule has 29 heavy (non-hydrogen) atoms. The zero-order valence-electron chi connectivity index (χ0n) is 16.8. The molecular weight excluding hydrogens is 374 g/mol. The molecule has 0 spiro atoms. The number of amides is 1. The molecule has 8 heteroatoms. The number of rotatable bonds is 6. The van der Waals surface area contributed by atoms with E-state index in [1.165, 1.54) is 10.8 Å². The number of nitrogens with one attached hydrogen (secondary N) is 2. The lowest BCUT2D eigenvalue weighted by atomic mass is 9.83. The van der Waals surface area contributed by atoms with Gasteiger partial charge >= 0.3 is 5.69 Å². The predicted molar refractivity (Wildman–Crippen MR) is 108 cm³/mol. The number of hydrogen-bond donors (Lipinski definition) is 3. The minimum Gasteiger partial charge on any atom is -0.390 e. The van der Waals surface area contributed by atoms with Crippen LogP contribution in [0.15, 0.2) is 46.1 Å². The molecule has 0 bridgehead atoms. The van der Waals surface area contributed by atoms with Crippen LogP contribution in [0.5, 0.6) is 0 Å². The second-order valence-electron chi connectivity index (χ2n) is 7.81. The number of aromatic amines is 1. The van der Waals surface area contributed by atoms with E-state index in [0.717, 1.165) is 5.56 Å². The molecule has 1 aliphatic heterocycles. The van der Waals surface area contributed by atoms with Gasteiger partial charge in [0.15, 0.2) is 0 Å². The van der Waals surface area contributed by atoms with E-state index in [-0.39, 0.29) is 18.9 Å². The van der Waals surface area contributed by atoms with Crippen molar-refractivity contribution in [1.82, 2.24) is 14.9 Å². The van der Waals surface area contributed by atoms with Gasteiger partial charge in [-0.05, 0) is 25.8 Å². The van der Waals surface area contributed by atoms with Crippen molar-refractivity contribution in [2.75, 3.05) is 6.54 Å². The molecule has 156 valence electrons. The van der Waals surface area contributed by atoms with Gasteiger partial charge in [0.2, 0.25) is 5.91 Å². The van der Waals surface area contributed by atoms with Gasteiger partial charge in [0.05, 0.1) is 11.5 Å². The molecule has 3 N–H and O–H groups in total. The number of carbonyl (C=O) groups excluding carboxylic acids is 1. The first-order valence-electron chi connectivity index (χ1n) is 9.75. The Morgan fingerprint density at radius 1 is 1.31 bits per heavy atom. The third-order valence-corrected chi connectivity index (χ3v) is 5.46. The Bertz CT molecular complexity index is 980. The van der Waals surface area contributed by atoms with Crippen molar-refractivity contribution in [2.24, 2.45) is 0 Å². The first-order valence-corrected chi connectivity index (χ1v) is 9.75. The molecule has 1 amide bonds. The summed E-state index contributed by atoms with van der Waals surface area (Å²) >= 11 is 0. The van der Waals surface area contributed by atoms with Gasteiger partial charge in [-0.25, -0.2) is 4.79 Å². The molecule has 1 aliphatic rings. The smallest absolute Gasteiger partial charge is 0.330 e. The quantitative estimate of drug-likeness (QED) is 0.664. The maximum atomic E-state index is 12.7. The van der Waals surface area contributed by atoms with Gasteiger partial charge in [-0.1, -0.05) is 37.3 Å². The van der Waals surface area contributed by atoms with Crippen molar-refractivity contribution in [3.8, 4) is 0 Å². The summed E-state index contributed by atoms with van der Waals surface area (Å²) in [6.45, 7) is 5.60. The highest BCUT2D eigenvalue weighted by Gasteiger charge is 2.37. The zero-order chi connectivity index (χ0) is 21.2. The summed E-state index contributed by atoms with van der Waals surface area (Å²) in [7, 11) is 0. The lowest BCUT2D eigenvalue weighted by Crippen LogP contribution is -2.45. The average molecular weight is 401 g/mol. The topological polar surface area (TPSA) is 113 Å². The number of carbonyl (C=O) groups is 1. The van der Waals surface area contributed by atoms with E-state index in [2.05, 4.69) is 10.3 Å². The number of benzene rings is 1. The van der Waals surface area contributed by atoms with E-state index in [1.54, 1.807) is 0 Å². The summed E-state index contributed by atoms with van der Waals surface area (Å²) in [6.07, 6.45) is -0.0681. The Morgan fingerprint density at radius 3 is 2.66 bits per heavy atom. The molecule has 3 atom stereocenters. The summed E-state index contributed by atoms with van der Waals surface area (Å²) in [5.41, 5.74) is -0.395. The van der Waals surface area contributed by atoms with Crippen LogP contribution in [0.25, 0.3) is 0 Å². The number of aliphatic hydroxyl groups excluding tert-OH is 1. The van der Waals surface area contributed by atoms with Crippen LogP contribution in [0, 0.1) is 0 Å². The van der Waals surface area contributed by atoms with E-state index in [0.29, 0.717) is 12.0 Å². The van der Waals surface area contributed by atoms with Gasteiger partial charge in [0.1, 0.15) is 12.3 Å². The monoisotopic (exact) mass is 401 g/mol. The number of hydrogen-bond acceptors (Lipinski definition) is 5. The van der Waals surface area contributed by atoms with Crippen LogP contribution >= 0.6 is 0 Å². The van der Waals surface area contributed by atoms with Crippen LogP contribution < -0.4 is 16.6 Å². The number of aliphatic hydroxyl groups is 1. The predicted octanol–water partition coefficient (Wildman–Crippen LogP) is 0.841. The summed E-state index contributed by atoms with van der Waals surface area (Å²) in [5, 5.41) is 13.2. The van der Waals surface area contributed by atoms with E-state index < -0.39 is 35.1 Å². The van der Waals surface area contributed by atoms with Gasteiger partial charge in [0.25, 0.3) is 5.56 Å². The Labute approximate surface area is 168 Å². The second-order valence-corrected chi connectivity index (χ2v) is 7.81. The Kier molecular flexibility index (Phi) is 6.04. The van der Waals surface area contributed by atoms with E-state index >= 15 is 0 Å². The Morgan fingerprint density at radius 2 is 2.00 bits per heavy atom. The molecule has 0 saturated carbocycles. The third-order valence-electron chi connectivity index (χ3n) is 5.46. The van der Waals surface area contributed by atoms with Gasteiger partial charge in [0, 0.05) is 24.7 Å². The Hall–Kier alpha value is -2.71. The highest BCUT2D eigenvalue weighted by atomic mass is 16.5.